The van der Waals surface area contributed by atoms with Crippen molar-refractivity contribution in [1.82, 2.24) is 4.98 Å². The molecule has 2 rings (SSSR count). The summed E-state index contributed by atoms with van der Waals surface area (Å²) in [6.07, 6.45) is 2.05. The number of nitrogens with zero attached hydrogens (tertiary/aromatic N) is 1. The maximum absolute atomic E-state index is 12.8. The van der Waals surface area contributed by atoms with Crippen LogP contribution < -0.4 is 0 Å². The zero-order valence-electron chi connectivity index (χ0n) is 7.87. The molecule has 0 fully saturated rings. The van der Waals surface area contributed by atoms with Crippen molar-refractivity contribution in [3.8, 4) is 0 Å². The second-order valence-corrected chi connectivity index (χ2v) is 3.31. The first-order chi connectivity index (χ1) is 7.16. The van der Waals surface area contributed by atoms with Crippen LogP contribution in [-0.2, 0) is 6.42 Å². The van der Waals surface area contributed by atoms with Gasteiger partial charge in [0.25, 0.3) is 0 Å². The molecule has 1 aromatic heterocycles. The first kappa shape index (κ1) is 9.64. The Balaban J connectivity index is 2.32. The van der Waals surface area contributed by atoms with Gasteiger partial charge in [-0.3, -0.25) is 10.1 Å². The summed E-state index contributed by atoms with van der Waals surface area (Å²) >= 11 is 0. The van der Waals surface area contributed by atoms with Gasteiger partial charge in [0, 0.05) is 28.4 Å². The molecule has 78 valence electrons. The molecule has 0 aliphatic carbocycles. The van der Waals surface area contributed by atoms with Gasteiger partial charge in [-0.15, -0.1) is 0 Å². The predicted octanol–water partition coefficient (Wildman–Crippen LogP) is 2.13. The van der Waals surface area contributed by atoms with Gasteiger partial charge >= 0.3 is 0 Å². The Kier molecular flexibility index (Phi) is 2.37. The predicted molar refractivity (Wildman–Crippen MR) is 53.8 cm³/mol. The van der Waals surface area contributed by atoms with Crippen molar-refractivity contribution < 1.29 is 9.31 Å². The lowest BCUT2D eigenvalue weighted by atomic mass is 10.1. The third-order valence-electron chi connectivity index (χ3n) is 2.29. The Labute approximate surface area is 84.9 Å². The highest BCUT2D eigenvalue weighted by molar-refractivity contribution is 5.83. The average molecular weight is 208 g/mol. The second kappa shape index (κ2) is 3.68. The number of benzene rings is 1. The fourth-order valence-corrected chi connectivity index (χ4v) is 1.58. The Morgan fingerprint density at radius 2 is 2.27 bits per heavy atom. The van der Waals surface area contributed by atoms with Gasteiger partial charge in [-0.1, -0.05) is 0 Å². The second-order valence-electron chi connectivity index (χ2n) is 3.31. The van der Waals surface area contributed by atoms with E-state index in [1.807, 2.05) is 0 Å². The van der Waals surface area contributed by atoms with Crippen molar-refractivity contribution in [1.29, 1.82) is 0 Å². The smallest absolute Gasteiger partial charge is 0.207 e. The molecule has 15 heavy (non-hydrogen) atoms. The van der Waals surface area contributed by atoms with Crippen LogP contribution in [0.2, 0.25) is 0 Å². The van der Waals surface area contributed by atoms with E-state index in [2.05, 4.69) is 4.98 Å². The number of nitrogens with one attached hydrogen (secondary N) is 1. The molecule has 0 saturated carbocycles. The minimum absolute atomic E-state index is 0.107. The van der Waals surface area contributed by atoms with E-state index in [1.54, 1.807) is 12.3 Å². The lowest BCUT2D eigenvalue weighted by Crippen LogP contribution is -2.03. The molecule has 0 saturated heterocycles. The molecule has 0 aliphatic heterocycles. The van der Waals surface area contributed by atoms with Crippen molar-refractivity contribution in [2.75, 3.05) is 6.54 Å². The topological polar surface area (TPSA) is 58.9 Å². The quantitative estimate of drug-likeness (QED) is 0.620. The fourth-order valence-electron chi connectivity index (χ4n) is 1.58. The van der Waals surface area contributed by atoms with E-state index in [0.29, 0.717) is 11.9 Å². The summed E-state index contributed by atoms with van der Waals surface area (Å²) in [6.45, 7) is -0.107. The van der Waals surface area contributed by atoms with Gasteiger partial charge in [-0.25, -0.2) is 4.39 Å². The number of aromatic amines is 1. The van der Waals surface area contributed by atoms with Crippen LogP contribution in [0.4, 0.5) is 4.39 Å². The van der Waals surface area contributed by atoms with Gasteiger partial charge in [0.15, 0.2) is 0 Å². The summed E-state index contributed by atoms with van der Waals surface area (Å²) in [6, 6.07) is 4.37. The number of aromatic nitrogens is 1. The summed E-state index contributed by atoms with van der Waals surface area (Å²) in [5, 5.41) is 11.1. The number of halogens is 1. The summed E-state index contributed by atoms with van der Waals surface area (Å²) in [5.41, 5.74) is 1.52. The average Bonchev–Trinajstić information content (AvgIpc) is 2.57. The maximum atomic E-state index is 12.8. The molecular weight excluding hydrogens is 199 g/mol. The van der Waals surface area contributed by atoms with Crippen LogP contribution in [0.15, 0.2) is 24.4 Å². The SMILES string of the molecule is O=[N+]([O-])CCc1c[nH]c2cc(F)ccc12. The van der Waals surface area contributed by atoms with Crippen LogP contribution in [0.5, 0.6) is 0 Å². The van der Waals surface area contributed by atoms with Gasteiger partial charge in [0.1, 0.15) is 5.82 Å². The molecule has 0 radical (unpaired) electrons. The number of hydrogen-bond donors (Lipinski definition) is 1. The normalized spacial score (nSPS) is 10.7. The number of fused-ring (bicyclic) bond motifs is 1. The summed E-state index contributed by atoms with van der Waals surface area (Å²) < 4.78 is 12.8. The lowest BCUT2D eigenvalue weighted by molar-refractivity contribution is -0.479. The number of hydrogen-bond acceptors (Lipinski definition) is 2. The minimum Gasteiger partial charge on any atom is -0.361 e. The van der Waals surface area contributed by atoms with Gasteiger partial charge < -0.3 is 4.98 Å². The van der Waals surface area contributed by atoms with Gasteiger partial charge in [0.05, 0.1) is 0 Å². The monoisotopic (exact) mass is 208 g/mol. The molecule has 1 aromatic carbocycles. The van der Waals surface area contributed by atoms with Crippen LogP contribution >= 0.6 is 0 Å². The molecule has 0 amide bonds. The third kappa shape index (κ3) is 1.96. The Morgan fingerprint density at radius 1 is 1.47 bits per heavy atom. The molecular formula is C10H9FN2O2. The van der Waals surface area contributed by atoms with E-state index >= 15 is 0 Å². The molecule has 2 aromatic rings. The number of rotatable bonds is 3. The van der Waals surface area contributed by atoms with Gasteiger partial charge in [0.2, 0.25) is 6.54 Å². The van der Waals surface area contributed by atoms with E-state index in [-0.39, 0.29) is 17.3 Å². The molecule has 0 aliphatic rings. The van der Waals surface area contributed by atoms with E-state index < -0.39 is 0 Å². The van der Waals surface area contributed by atoms with Crippen molar-refractivity contribution >= 4 is 10.9 Å². The largest absolute Gasteiger partial charge is 0.361 e. The van der Waals surface area contributed by atoms with E-state index in [0.717, 1.165) is 10.9 Å². The van der Waals surface area contributed by atoms with E-state index in [1.165, 1.54) is 12.1 Å². The molecule has 0 spiro atoms. The Hall–Kier alpha value is -1.91. The van der Waals surface area contributed by atoms with Crippen molar-refractivity contribution in [3.63, 3.8) is 0 Å². The Bertz CT molecular complexity index is 507. The van der Waals surface area contributed by atoms with Crippen LogP contribution in [0, 0.1) is 15.9 Å². The highest BCUT2D eigenvalue weighted by Crippen LogP contribution is 2.19. The first-order valence-corrected chi connectivity index (χ1v) is 4.54. The van der Waals surface area contributed by atoms with Gasteiger partial charge in [-0.05, 0) is 23.8 Å². The minimum atomic E-state index is -0.359. The summed E-state index contributed by atoms with van der Waals surface area (Å²) in [4.78, 5) is 12.8. The van der Waals surface area contributed by atoms with E-state index in [4.69, 9.17) is 0 Å². The zero-order valence-corrected chi connectivity index (χ0v) is 7.87. The maximum Gasteiger partial charge on any atom is 0.207 e. The molecule has 4 nitrogen and oxygen atoms in total. The standard InChI is InChI=1S/C10H9FN2O2/c11-8-1-2-9-7(3-4-13(14)15)6-12-10(9)5-8/h1-2,5-6,12H,3-4H2. The molecule has 5 heteroatoms. The summed E-state index contributed by atoms with van der Waals surface area (Å²) in [5.74, 6) is -0.315. The lowest BCUT2D eigenvalue weighted by Gasteiger charge is -1.95. The van der Waals surface area contributed by atoms with Crippen LogP contribution in [-0.4, -0.2) is 16.5 Å². The Morgan fingerprint density at radius 3 is 3.00 bits per heavy atom. The molecule has 1 N–H and O–H groups in total. The van der Waals surface area contributed by atoms with Crippen molar-refractivity contribution in [2.45, 2.75) is 6.42 Å². The molecule has 1 heterocycles. The highest BCUT2D eigenvalue weighted by Gasteiger charge is 2.07. The van der Waals surface area contributed by atoms with Crippen molar-refractivity contribution in [3.05, 3.63) is 45.9 Å². The van der Waals surface area contributed by atoms with Crippen LogP contribution in [0.1, 0.15) is 5.56 Å². The van der Waals surface area contributed by atoms with E-state index in [9.17, 15) is 14.5 Å². The van der Waals surface area contributed by atoms with Crippen LogP contribution in [0.3, 0.4) is 0 Å². The van der Waals surface area contributed by atoms with Crippen molar-refractivity contribution in [2.24, 2.45) is 0 Å². The first-order valence-electron chi connectivity index (χ1n) is 4.54. The number of H-pyrrole nitrogens is 1. The third-order valence-corrected chi connectivity index (χ3v) is 2.29. The highest BCUT2D eigenvalue weighted by atomic mass is 19.1. The summed E-state index contributed by atoms with van der Waals surface area (Å²) in [7, 11) is 0. The number of nitro groups is 1. The molecule has 0 unspecified atom stereocenters. The zero-order chi connectivity index (χ0) is 10.8. The molecule has 0 atom stereocenters. The molecule has 0 bridgehead atoms. The van der Waals surface area contributed by atoms with Gasteiger partial charge in [-0.2, -0.15) is 0 Å². The van der Waals surface area contributed by atoms with Crippen LogP contribution in [0.25, 0.3) is 10.9 Å². The fraction of sp³-hybridized carbons (Fsp3) is 0.200.